The highest BCUT2D eigenvalue weighted by atomic mass is 32.2. The number of benzene rings is 16. The van der Waals surface area contributed by atoms with E-state index in [-0.39, 0.29) is 0 Å². The van der Waals surface area contributed by atoms with Gasteiger partial charge in [-0.05, 0) is 185 Å². The van der Waals surface area contributed by atoms with Crippen molar-refractivity contribution in [2.24, 2.45) is 0 Å². The van der Waals surface area contributed by atoms with Crippen molar-refractivity contribution in [2.45, 2.75) is 16.1 Å². The Morgan fingerprint density at radius 1 is 0.204 bits per heavy atom. The van der Waals surface area contributed by atoms with Gasteiger partial charge in [0, 0.05) is 62.0 Å². The Hall–Kier alpha value is -10.7. The third-order valence-corrected chi connectivity index (χ3v) is 24.2. The van der Waals surface area contributed by atoms with Gasteiger partial charge < -0.3 is 0 Å². The van der Waals surface area contributed by atoms with Crippen LogP contribution < -0.4 is 0 Å². The number of hydrogen-bond donors (Lipinski definition) is 0. The second-order valence-electron chi connectivity index (χ2n) is 25.2. The van der Waals surface area contributed by atoms with Gasteiger partial charge in [0.1, 0.15) is 0 Å². The number of rotatable bonds is 7. The molecule has 18 aromatic rings. The molecule has 0 radical (unpaired) electrons. The van der Waals surface area contributed by atoms with Crippen LogP contribution in [0.1, 0.15) is 11.5 Å². The minimum atomic E-state index is 0.436. The zero-order valence-corrected chi connectivity index (χ0v) is 52.9. The Morgan fingerprint density at radius 3 is 1.13 bits per heavy atom. The molecule has 3 heteroatoms. The van der Waals surface area contributed by atoms with Crippen LogP contribution in [0.3, 0.4) is 0 Å². The molecule has 2 atom stereocenters. The van der Waals surface area contributed by atoms with Gasteiger partial charge in [-0.1, -0.05) is 273 Å². The first kappa shape index (κ1) is 53.1. The summed E-state index contributed by atoms with van der Waals surface area (Å²) in [5.41, 5.74) is 18.9. The number of hydrogen-bond acceptors (Lipinski definition) is 3. The van der Waals surface area contributed by atoms with E-state index in [1.165, 1.54) is 193 Å². The number of allylic oxidation sites excluding steroid dienone is 3. The molecule has 20 rings (SSSR count). The predicted molar refractivity (Wildman–Crippen MR) is 406 cm³/mol. The van der Waals surface area contributed by atoms with Crippen LogP contribution in [0.25, 0.3) is 183 Å². The molecule has 0 fully saturated rings. The fourth-order valence-corrected chi connectivity index (χ4v) is 20.0. The summed E-state index contributed by atoms with van der Waals surface area (Å²) in [6.07, 6.45) is 9.13. The van der Waals surface area contributed by atoms with Crippen LogP contribution in [0, 0.1) is 0 Å². The molecule has 2 aromatic heterocycles. The van der Waals surface area contributed by atoms with Gasteiger partial charge in [-0.3, -0.25) is 0 Å². The van der Waals surface area contributed by atoms with E-state index < -0.39 is 0 Å². The van der Waals surface area contributed by atoms with E-state index in [9.17, 15) is 0 Å². The van der Waals surface area contributed by atoms with Gasteiger partial charge in [-0.25, -0.2) is 0 Å². The summed E-state index contributed by atoms with van der Waals surface area (Å²) < 4.78 is 5.24. The van der Waals surface area contributed by atoms with Crippen LogP contribution in [0.2, 0.25) is 0 Å². The highest BCUT2D eigenvalue weighted by Gasteiger charge is 2.33. The fraction of sp³-hybridized carbons (Fsp3) is 0.0222. The van der Waals surface area contributed by atoms with E-state index in [0.29, 0.717) is 11.2 Å². The van der Waals surface area contributed by atoms with E-state index in [4.69, 9.17) is 0 Å². The maximum absolute atomic E-state index is 2.47. The van der Waals surface area contributed by atoms with Crippen LogP contribution in [-0.4, -0.2) is 5.25 Å². The first-order valence-corrected chi connectivity index (χ1v) is 34.7. The summed E-state index contributed by atoms with van der Waals surface area (Å²) in [6.45, 7) is 0. The van der Waals surface area contributed by atoms with Gasteiger partial charge >= 0.3 is 0 Å². The quantitative estimate of drug-likeness (QED) is 0.143. The molecule has 2 aliphatic rings. The average Bonchev–Trinajstić information content (AvgIpc) is 1.72. The Kier molecular flexibility index (Phi) is 11.9. The van der Waals surface area contributed by atoms with E-state index in [0.717, 1.165) is 0 Å². The van der Waals surface area contributed by atoms with Crippen molar-refractivity contribution in [3.8, 4) is 77.9 Å². The number of fused-ring (bicyclic) bond motifs is 21. The Bertz CT molecular complexity index is 6240. The van der Waals surface area contributed by atoms with Crippen molar-refractivity contribution in [1.82, 2.24) is 0 Å². The minimum Gasteiger partial charge on any atom is -0.134 e. The SMILES string of the molecule is C1=CC2Sc3c(-c4cccc(-c5ccc6c7ccc(-c8cc(-c9ccccc9)c9sc%10c(-c%11cccc(-c%12cccc%13c%12sc%12c(-c%14ccc%15c%16ccccc%16c%16ccccc%16c%15c%14)cccc%12%13)c%11)cccc%10c9c8)cc7c7ccccc7c6c5)c4)cccc3C2C=C1. The molecule has 0 saturated carbocycles. The van der Waals surface area contributed by atoms with Gasteiger partial charge in [0.05, 0.1) is 0 Å². The van der Waals surface area contributed by atoms with E-state index >= 15 is 0 Å². The predicted octanol–water partition coefficient (Wildman–Crippen LogP) is 26.7. The summed E-state index contributed by atoms with van der Waals surface area (Å²) >= 11 is 5.86. The minimum absolute atomic E-state index is 0.436. The number of thiophene rings is 2. The zero-order valence-electron chi connectivity index (χ0n) is 50.4. The molecule has 432 valence electrons. The molecule has 2 unspecified atom stereocenters. The molecule has 0 N–H and O–H groups in total. The lowest BCUT2D eigenvalue weighted by Crippen LogP contribution is -2.06. The Labute approximate surface area is 550 Å². The summed E-state index contributed by atoms with van der Waals surface area (Å²) in [4.78, 5) is 1.41. The molecular formula is C90H54S3. The van der Waals surface area contributed by atoms with Crippen molar-refractivity contribution < 1.29 is 0 Å². The molecule has 0 spiro atoms. The van der Waals surface area contributed by atoms with Gasteiger partial charge in [-0.2, -0.15) is 0 Å². The van der Waals surface area contributed by atoms with Gasteiger partial charge in [-0.15, -0.1) is 34.4 Å². The molecule has 0 nitrogen and oxygen atoms in total. The molecule has 1 aliphatic heterocycles. The molecular weight excluding hydrogens is 1180 g/mol. The molecule has 0 saturated heterocycles. The third-order valence-electron chi connectivity index (χ3n) is 20.2. The Balaban J connectivity index is 0.679. The average molecular weight is 1230 g/mol. The molecule has 93 heavy (non-hydrogen) atoms. The molecule has 1 aliphatic carbocycles. The van der Waals surface area contributed by atoms with Crippen LogP contribution >= 0.6 is 34.4 Å². The zero-order chi connectivity index (χ0) is 60.8. The van der Waals surface area contributed by atoms with Crippen molar-refractivity contribution >= 4 is 139 Å². The maximum Gasteiger partial charge on any atom is 0.0434 e. The standard InChI is InChI=1S/C90H54S3/c1-2-18-53(19-3-1)80-51-61(56-41-44-74-73-43-40-55(48-81(73)70-28-8-9-29-71(70)82(74)49-56)54-20-12-21-57(46-54)62-31-14-35-76-75-30-10-11-39-85(75)91-86(62)76)52-84-79-38-17-33-64(89(79)93-90(80)84)59-23-13-22-58(47-59)63-32-15-36-77-78-37-16-34-65(88(78)92-87(63)77)60-42-45-72-68-26-5-4-24-66(68)67-25-6-7-27-69(67)83(72)50-60/h1-52,75,85H. The largest absolute Gasteiger partial charge is 0.134 e. The topological polar surface area (TPSA) is 0 Å². The monoisotopic (exact) mass is 1230 g/mol. The maximum atomic E-state index is 2.47. The van der Waals surface area contributed by atoms with E-state index in [2.05, 4.69) is 315 Å². The Morgan fingerprint density at radius 2 is 0.559 bits per heavy atom. The van der Waals surface area contributed by atoms with Gasteiger partial charge in [0.2, 0.25) is 0 Å². The molecule has 3 heterocycles. The first-order valence-electron chi connectivity index (χ1n) is 32.2. The van der Waals surface area contributed by atoms with Crippen molar-refractivity contribution in [1.29, 1.82) is 0 Å². The number of thioether (sulfide) groups is 1. The molecule has 0 bridgehead atoms. The van der Waals surface area contributed by atoms with Crippen molar-refractivity contribution in [3.63, 3.8) is 0 Å². The van der Waals surface area contributed by atoms with Crippen molar-refractivity contribution in [2.75, 3.05) is 0 Å². The van der Waals surface area contributed by atoms with Crippen LogP contribution in [0.15, 0.2) is 320 Å². The second kappa shape index (κ2) is 20.9. The van der Waals surface area contributed by atoms with Crippen LogP contribution in [0.5, 0.6) is 0 Å². The summed E-state index contributed by atoms with van der Waals surface area (Å²) in [7, 11) is 0. The van der Waals surface area contributed by atoms with Crippen LogP contribution in [0.4, 0.5) is 0 Å². The van der Waals surface area contributed by atoms with Crippen LogP contribution in [-0.2, 0) is 0 Å². The first-order chi connectivity index (χ1) is 46.1. The van der Waals surface area contributed by atoms with E-state index in [1.54, 1.807) is 0 Å². The fourth-order valence-electron chi connectivity index (χ4n) is 15.8. The smallest absolute Gasteiger partial charge is 0.0434 e. The lowest BCUT2D eigenvalue weighted by molar-refractivity contribution is 0.881. The lowest BCUT2D eigenvalue weighted by Gasteiger charge is -2.15. The lowest BCUT2D eigenvalue weighted by atomic mass is 9.88. The highest BCUT2D eigenvalue weighted by molar-refractivity contribution is 8.00. The van der Waals surface area contributed by atoms with Gasteiger partial charge in [0.15, 0.2) is 0 Å². The molecule has 16 aromatic carbocycles. The molecule has 0 amide bonds. The summed E-state index contributed by atoms with van der Waals surface area (Å²) in [5, 5.41) is 21.0. The second-order valence-corrected chi connectivity index (χ2v) is 28.4. The third kappa shape index (κ3) is 8.30. The van der Waals surface area contributed by atoms with Crippen molar-refractivity contribution in [3.05, 3.63) is 321 Å². The normalized spacial score (nSPS) is 14.5. The van der Waals surface area contributed by atoms with Gasteiger partial charge in [0.25, 0.3) is 0 Å². The highest BCUT2D eigenvalue weighted by Crippen LogP contribution is 2.53. The summed E-state index contributed by atoms with van der Waals surface area (Å²) in [5.74, 6) is 0.436. The summed E-state index contributed by atoms with van der Waals surface area (Å²) in [6, 6.07) is 110. The van der Waals surface area contributed by atoms with E-state index in [1.807, 2.05) is 34.4 Å².